The van der Waals surface area contributed by atoms with Crippen molar-refractivity contribution in [3.8, 4) is 0 Å². The molecule has 0 unspecified atom stereocenters. The van der Waals surface area contributed by atoms with Gasteiger partial charge in [-0.2, -0.15) is 0 Å². The lowest BCUT2D eigenvalue weighted by molar-refractivity contribution is 0.0692. The SMILES string of the molecule is COCCOCCNC(=O)c1ccc(F)c(S)c1. The molecular formula is C12H16FNO3S. The van der Waals surface area contributed by atoms with Crippen LogP contribution in [-0.4, -0.2) is 39.4 Å². The summed E-state index contributed by atoms with van der Waals surface area (Å²) in [6.45, 7) is 1.81. The van der Waals surface area contributed by atoms with E-state index in [0.29, 0.717) is 31.9 Å². The summed E-state index contributed by atoms with van der Waals surface area (Å²) < 4.78 is 22.9. The first-order valence-electron chi connectivity index (χ1n) is 5.48. The van der Waals surface area contributed by atoms with E-state index < -0.39 is 5.82 Å². The molecule has 0 bridgehead atoms. The Bertz CT molecular complexity index is 401. The topological polar surface area (TPSA) is 47.6 Å². The second kappa shape index (κ2) is 8.07. The number of methoxy groups -OCH3 is 1. The Balaban J connectivity index is 2.30. The third-order valence-corrected chi connectivity index (χ3v) is 2.51. The van der Waals surface area contributed by atoms with Gasteiger partial charge < -0.3 is 14.8 Å². The van der Waals surface area contributed by atoms with Gasteiger partial charge in [0.1, 0.15) is 5.82 Å². The molecule has 0 aliphatic carbocycles. The van der Waals surface area contributed by atoms with Crippen molar-refractivity contribution < 1.29 is 18.7 Å². The van der Waals surface area contributed by atoms with Crippen molar-refractivity contribution in [2.75, 3.05) is 33.5 Å². The summed E-state index contributed by atoms with van der Waals surface area (Å²) >= 11 is 3.92. The van der Waals surface area contributed by atoms with Crippen LogP contribution < -0.4 is 5.32 Å². The molecular weight excluding hydrogens is 257 g/mol. The summed E-state index contributed by atoms with van der Waals surface area (Å²) in [7, 11) is 1.59. The molecule has 6 heteroatoms. The molecule has 1 amide bonds. The summed E-state index contributed by atoms with van der Waals surface area (Å²) in [5.41, 5.74) is 0.373. The number of hydrogen-bond acceptors (Lipinski definition) is 4. The van der Waals surface area contributed by atoms with E-state index in [1.807, 2.05) is 0 Å². The Morgan fingerprint density at radius 1 is 1.39 bits per heavy atom. The van der Waals surface area contributed by atoms with Crippen LogP contribution in [-0.2, 0) is 9.47 Å². The molecule has 100 valence electrons. The zero-order valence-corrected chi connectivity index (χ0v) is 11.0. The lowest BCUT2D eigenvalue weighted by Gasteiger charge is -2.07. The van der Waals surface area contributed by atoms with Gasteiger partial charge >= 0.3 is 0 Å². The first-order valence-corrected chi connectivity index (χ1v) is 5.93. The number of ether oxygens (including phenoxy) is 2. The van der Waals surface area contributed by atoms with Gasteiger partial charge in [-0.15, -0.1) is 12.6 Å². The number of amides is 1. The molecule has 0 fully saturated rings. The summed E-state index contributed by atoms with van der Waals surface area (Å²) in [4.78, 5) is 11.8. The van der Waals surface area contributed by atoms with Gasteiger partial charge in [-0.05, 0) is 18.2 Å². The van der Waals surface area contributed by atoms with E-state index in [0.717, 1.165) is 0 Å². The van der Waals surface area contributed by atoms with Crippen LogP contribution in [0.15, 0.2) is 23.1 Å². The number of nitrogens with one attached hydrogen (secondary N) is 1. The molecule has 4 nitrogen and oxygen atoms in total. The molecule has 0 saturated carbocycles. The average Bonchev–Trinajstić information content (AvgIpc) is 2.36. The normalized spacial score (nSPS) is 10.4. The predicted molar refractivity (Wildman–Crippen MR) is 68.7 cm³/mol. The largest absolute Gasteiger partial charge is 0.382 e. The minimum atomic E-state index is -0.446. The molecule has 0 radical (unpaired) electrons. The Kier molecular flexibility index (Phi) is 6.70. The highest BCUT2D eigenvalue weighted by molar-refractivity contribution is 7.80. The average molecular weight is 273 g/mol. The summed E-state index contributed by atoms with van der Waals surface area (Å²) in [6, 6.07) is 4.02. The fraction of sp³-hybridized carbons (Fsp3) is 0.417. The Labute approximate surface area is 111 Å². The number of thiol groups is 1. The third-order valence-electron chi connectivity index (χ3n) is 2.17. The van der Waals surface area contributed by atoms with Gasteiger partial charge in [-0.1, -0.05) is 0 Å². The lowest BCUT2D eigenvalue weighted by atomic mass is 10.2. The molecule has 0 saturated heterocycles. The highest BCUT2D eigenvalue weighted by Crippen LogP contribution is 2.13. The van der Waals surface area contributed by atoms with E-state index in [-0.39, 0.29) is 10.8 Å². The Morgan fingerprint density at radius 3 is 2.83 bits per heavy atom. The second-order valence-corrected chi connectivity index (χ2v) is 4.01. The van der Waals surface area contributed by atoms with Gasteiger partial charge in [-0.25, -0.2) is 4.39 Å². The minimum Gasteiger partial charge on any atom is -0.382 e. The Morgan fingerprint density at radius 2 is 2.17 bits per heavy atom. The van der Waals surface area contributed by atoms with Gasteiger partial charge in [-0.3, -0.25) is 4.79 Å². The number of hydrogen-bond donors (Lipinski definition) is 2. The first-order chi connectivity index (χ1) is 8.65. The quantitative estimate of drug-likeness (QED) is 0.585. The monoisotopic (exact) mass is 273 g/mol. The molecule has 1 rings (SSSR count). The standard InChI is InChI=1S/C12H16FNO3S/c1-16-6-7-17-5-4-14-12(15)9-2-3-10(13)11(18)8-9/h2-3,8,18H,4-7H2,1H3,(H,14,15). The molecule has 18 heavy (non-hydrogen) atoms. The van der Waals surface area contributed by atoms with E-state index in [4.69, 9.17) is 9.47 Å². The van der Waals surface area contributed by atoms with E-state index in [1.54, 1.807) is 7.11 Å². The van der Waals surface area contributed by atoms with Crippen molar-refractivity contribution in [1.82, 2.24) is 5.32 Å². The van der Waals surface area contributed by atoms with Crippen LogP contribution in [0.2, 0.25) is 0 Å². The number of carbonyl (C=O) groups is 1. The van der Waals surface area contributed by atoms with Gasteiger partial charge in [0.05, 0.1) is 19.8 Å². The third kappa shape index (κ3) is 5.03. The molecule has 0 spiro atoms. The molecule has 0 heterocycles. The zero-order valence-electron chi connectivity index (χ0n) is 10.1. The second-order valence-electron chi connectivity index (χ2n) is 3.53. The molecule has 1 aromatic carbocycles. The molecule has 0 aromatic heterocycles. The maximum absolute atomic E-state index is 12.9. The minimum absolute atomic E-state index is 0.152. The van der Waals surface area contributed by atoms with Gasteiger partial charge in [0.25, 0.3) is 5.91 Å². The summed E-state index contributed by atoms with van der Waals surface area (Å²) in [5.74, 6) is -0.724. The molecule has 0 aliphatic rings. The fourth-order valence-corrected chi connectivity index (χ4v) is 1.45. The van der Waals surface area contributed by atoms with Crippen molar-refractivity contribution in [3.63, 3.8) is 0 Å². The van der Waals surface area contributed by atoms with E-state index in [1.165, 1.54) is 18.2 Å². The molecule has 1 aromatic rings. The van der Waals surface area contributed by atoms with Crippen LogP contribution in [0.5, 0.6) is 0 Å². The maximum atomic E-state index is 12.9. The number of rotatable bonds is 7. The van der Waals surface area contributed by atoms with Crippen molar-refractivity contribution in [2.45, 2.75) is 4.90 Å². The number of benzene rings is 1. The van der Waals surface area contributed by atoms with Crippen LogP contribution in [0.3, 0.4) is 0 Å². The molecule has 0 atom stereocenters. The Hall–Kier alpha value is -1.11. The van der Waals surface area contributed by atoms with Crippen LogP contribution in [0.1, 0.15) is 10.4 Å². The van der Waals surface area contributed by atoms with Gasteiger partial charge in [0.2, 0.25) is 0 Å². The predicted octanol–water partition coefficient (Wildman–Crippen LogP) is 1.51. The first kappa shape index (κ1) is 14.9. The highest BCUT2D eigenvalue weighted by atomic mass is 32.1. The van der Waals surface area contributed by atoms with Crippen LogP contribution in [0.4, 0.5) is 4.39 Å². The van der Waals surface area contributed by atoms with Crippen molar-refractivity contribution >= 4 is 18.5 Å². The van der Waals surface area contributed by atoms with Crippen molar-refractivity contribution in [2.24, 2.45) is 0 Å². The summed E-state index contributed by atoms with van der Waals surface area (Å²) in [6.07, 6.45) is 0. The fourth-order valence-electron chi connectivity index (χ4n) is 1.24. The van der Waals surface area contributed by atoms with Crippen molar-refractivity contribution in [3.05, 3.63) is 29.6 Å². The van der Waals surface area contributed by atoms with Gasteiger partial charge in [0, 0.05) is 24.1 Å². The molecule has 1 N–H and O–H groups in total. The maximum Gasteiger partial charge on any atom is 0.251 e. The van der Waals surface area contributed by atoms with Crippen LogP contribution in [0, 0.1) is 5.82 Å². The van der Waals surface area contributed by atoms with Crippen LogP contribution in [0.25, 0.3) is 0 Å². The smallest absolute Gasteiger partial charge is 0.251 e. The number of halogens is 1. The lowest BCUT2D eigenvalue weighted by Crippen LogP contribution is -2.27. The van der Waals surface area contributed by atoms with E-state index >= 15 is 0 Å². The van der Waals surface area contributed by atoms with Gasteiger partial charge in [0.15, 0.2) is 0 Å². The van der Waals surface area contributed by atoms with Crippen molar-refractivity contribution in [1.29, 1.82) is 0 Å². The highest BCUT2D eigenvalue weighted by Gasteiger charge is 2.07. The van der Waals surface area contributed by atoms with E-state index in [9.17, 15) is 9.18 Å². The number of carbonyl (C=O) groups excluding carboxylic acids is 1. The van der Waals surface area contributed by atoms with Crippen LogP contribution >= 0.6 is 12.6 Å². The zero-order chi connectivity index (χ0) is 13.4. The van der Waals surface area contributed by atoms with E-state index in [2.05, 4.69) is 17.9 Å². The summed E-state index contributed by atoms with van der Waals surface area (Å²) in [5, 5.41) is 2.66. The molecule has 0 aliphatic heterocycles.